The van der Waals surface area contributed by atoms with Crippen LogP contribution in [0.2, 0.25) is 0 Å². The molecule has 116 valence electrons. The molecule has 0 bridgehead atoms. The normalized spacial score (nSPS) is 17.1. The molecule has 0 spiro atoms. The Morgan fingerprint density at radius 3 is 3.05 bits per heavy atom. The largest absolute Gasteiger partial charge is 0.359 e. The second-order valence-electron chi connectivity index (χ2n) is 5.38. The predicted molar refractivity (Wildman–Crippen MR) is 83.4 cm³/mol. The lowest BCUT2D eigenvalue weighted by Crippen LogP contribution is -2.43. The average Bonchev–Trinajstić information content (AvgIpc) is 3.17. The summed E-state index contributed by atoms with van der Waals surface area (Å²) in [4.78, 5) is 26.0. The molecule has 0 aliphatic carbocycles. The van der Waals surface area contributed by atoms with E-state index in [9.17, 15) is 9.59 Å². The Bertz CT molecular complexity index is 665. The molecule has 3 heterocycles. The number of nitrogens with one attached hydrogen (secondary N) is 1. The van der Waals surface area contributed by atoms with Crippen molar-refractivity contribution >= 4 is 23.2 Å². The van der Waals surface area contributed by atoms with Crippen LogP contribution in [0.3, 0.4) is 0 Å². The SMILES string of the molecule is CNC(=O)C[C@@H]1CN(C(=O)Cc2ccsc2)Cc2ccnn21. The zero-order valence-corrected chi connectivity index (χ0v) is 13.2. The highest BCUT2D eigenvalue weighted by molar-refractivity contribution is 7.07. The van der Waals surface area contributed by atoms with E-state index in [1.54, 1.807) is 24.6 Å². The molecule has 2 aromatic heterocycles. The molecule has 0 saturated heterocycles. The molecule has 1 aliphatic heterocycles. The number of amides is 2. The van der Waals surface area contributed by atoms with Crippen LogP contribution in [0.1, 0.15) is 23.7 Å². The van der Waals surface area contributed by atoms with E-state index in [1.807, 2.05) is 32.5 Å². The minimum Gasteiger partial charge on any atom is -0.359 e. The summed E-state index contributed by atoms with van der Waals surface area (Å²) in [6, 6.07) is 3.77. The van der Waals surface area contributed by atoms with Gasteiger partial charge in [-0.1, -0.05) is 0 Å². The zero-order chi connectivity index (χ0) is 15.5. The molecule has 1 atom stereocenters. The van der Waals surface area contributed by atoms with Gasteiger partial charge in [0.05, 0.1) is 31.1 Å². The van der Waals surface area contributed by atoms with E-state index < -0.39 is 0 Å². The van der Waals surface area contributed by atoms with Crippen molar-refractivity contribution in [2.24, 2.45) is 0 Å². The fourth-order valence-corrected chi connectivity index (χ4v) is 3.39. The van der Waals surface area contributed by atoms with E-state index in [2.05, 4.69) is 10.4 Å². The Morgan fingerprint density at radius 2 is 2.32 bits per heavy atom. The number of nitrogens with zero attached hydrogens (tertiary/aromatic N) is 3. The highest BCUT2D eigenvalue weighted by Crippen LogP contribution is 2.23. The fourth-order valence-electron chi connectivity index (χ4n) is 2.72. The minimum absolute atomic E-state index is 0.0430. The highest BCUT2D eigenvalue weighted by atomic mass is 32.1. The number of aromatic nitrogens is 2. The number of thiophene rings is 1. The smallest absolute Gasteiger partial charge is 0.227 e. The van der Waals surface area contributed by atoms with Gasteiger partial charge in [-0.2, -0.15) is 16.4 Å². The van der Waals surface area contributed by atoms with Crippen molar-refractivity contribution in [3.63, 3.8) is 0 Å². The number of hydrogen-bond donors (Lipinski definition) is 1. The van der Waals surface area contributed by atoms with Gasteiger partial charge in [-0.3, -0.25) is 14.3 Å². The van der Waals surface area contributed by atoms with Crippen molar-refractivity contribution in [3.8, 4) is 0 Å². The van der Waals surface area contributed by atoms with E-state index in [1.165, 1.54) is 0 Å². The Hall–Kier alpha value is -2.15. The summed E-state index contributed by atoms with van der Waals surface area (Å²) in [7, 11) is 1.62. The second kappa shape index (κ2) is 6.31. The number of fused-ring (bicyclic) bond motifs is 1. The van der Waals surface area contributed by atoms with Crippen LogP contribution in [0.4, 0.5) is 0 Å². The summed E-state index contributed by atoms with van der Waals surface area (Å²) < 4.78 is 1.86. The summed E-state index contributed by atoms with van der Waals surface area (Å²) >= 11 is 1.59. The molecule has 2 amide bonds. The van der Waals surface area contributed by atoms with Crippen LogP contribution in [0.15, 0.2) is 29.1 Å². The standard InChI is InChI=1S/C15H18N4O2S/c1-16-14(20)7-13-9-18(8-12-2-4-17-19(12)13)15(21)6-11-3-5-22-10-11/h2-5,10,13H,6-9H2,1H3,(H,16,20)/t13-/m1/s1. The molecule has 1 N–H and O–H groups in total. The Balaban J connectivity index is 1.74. The van der Waals surface area contributed by atoms with Crippen LogP contribution in [0.5, 0.6) is 0 Å². The van der Waals surface area contributed by atoms with Gasteiger partial charge in [0, 0.05) is 19.8 Å². The van der Waals surface area contributed by atoms with Gasteiger partial charge in [0.1, 0.15) is 0 Å². The molecule has 0 radical (unpaired) electrons. The topological polar surface area (TPSA) is 67.2 Å². The maximum absolute atomic E-state index is 12.5. The van der Waals surface area contributed by atoms with Gasteiger partial charge >= 0.3 is 0 Å². The number of rotatable bonds is 4. The van der Waals surface area contributed by atoms with E-state index >= 15 is 0 Å². The van der Waals surface area contributed by atoms with Crippen LogP contribution in [-0.4, -0.2) is 40.1 Å². The Morgan fingerprint density at radius 1 is 1.45 bits per heavy atom. The number of carbonyl (C=O) groups excluding carboxylic acids is 2. The molecule has 7 heteroatoms. The third-order valence-electron chi connectivity index (χ3n) is 3.87. The van der Waals surface area contributed by atoms with Crippen LogP contribution in [0, 0.1) is 0 Å². The Labute approximate surface area is 132 Å². The van der Waals surface area contributed by atoms with Gasteiger partial charge in [-0.25, -0.2) is 0 Å². The third-order valence-corrected chi connectivity index (χ3v) is 4.60. The third kappa shape index (κ3) is 3.04. The average molecular weight is 318 g/mol. The second-order valence-corrected chi connectivity index (χ2v) is 6.16. The summed E-state index contributed by atoms with van der Waals surface area (Å²) in [5.74, 6) is 0.0475. The molecule has 0 fully saturated rings. The highest BCUT2D eigenvalue weighted by Gasteiger charge is 2.29. The summed E-state index contributed by atoms with van der Waals surface area (Å²) in [5, 5.41) is 10.9. The van der Waals surface area contributed by atoms with Crippen molar-refractivity contribution in [3.05, 3.63) is 40.3 Å². The molecule has 3 rings (SSSR count). The van der Waals surface area contributed by atoms with Crippen molar-refractivity contribution in [2.45, 2.75) is 25.4 Å². The van der Waals surface area contributed by atoms with Crippen molar-refractivity contribution in [1.82, 2.24) is 20.0 Å². The van der Waals surface area contributed by atoms with Gasteiger partial charge in [-0.15, -0.1) is 0 Å². The first-order chi connectivity index (χ1) is 10.7. The van der Waals surface area contributed by atoms with Crippen LogP contribution < -0.4 is 5.32 Å². The summed E-state index contributed by atoms with van der Waals surface area (Å²) in [6.45, 7) is 1.07. The van der Waals surface area contributed by atoms with E-state index in [-0.39, 0.29) is 17.9 Å². The van der Waals surface area contributed by atoms with Crippen molar-refractivity contribution in [1.29, 1.82) is 0 Å². The quantitative estimate of drug-likeness (QED) is 0.921. The first-order valence-corrected chi connectivity index (χ1v) is 8.13. The predicted octanol–water partition coefficient (Wildman–Crippen LogP) is 1.21. The van der Waals surface area contributed by atoms with Gasteiger partial charge in [0.2, 0.25) is 11.8 Å². The van der Waals surface area contributed by atoms with Crippen LogP contribution in [0.25, 0.3) is 0 Å². The van der Waals surface area contributed by atoms with E-state index in [4.69, 9.17) is 0 Å². The molecule has 6 nitrogen and oxygen atoms in total. The fraction of sp³-hybridized carbons (Fsp3) is 0.400. The monoisotopic (exact) mass is 318 g/mol. The molecule has 0 saturated carbocycles. The maximum atomic E-state index is 12.5. The molecule has 0 unspecified atom stereocenters. The van der Waals surface area contributed by atoms with Gasteiger partial charge in [0.15, 0.2) is 0 Å². The lowest BCUT2D eigenvalue weighted by Gasteiger charge is -2.33. The van der Waals surface area contributed by atoms with Gasteiger partial charge in [0.25, 0.3) is 0 Å². The summed E-state index contributed by atoms with van der Waals surface area (Å²) in [5.41, 5.74) is 2.01. The first-order valence-electron chi connectivity index (χ1n) is 7.19. The number of hydrogen-bond acceptors (Lipinski definition) is 4. The van der Waals surface area contributed by atoms with Crippen molar-refractivity contribution in [2.75, 3.05) is 13.6 Å². The van der Waals surface area contributed by atoms with Crippen molar-refractivity contribution < 1.29 is 9.59 Å². The van der Waals surface area contributed by atoms with E-state index in [0.717, 1.165) is 11.3 Å². The zero-order valence-electron chi connectivity index (χ0n) is 12.4. The lowest BCUT2D eigenvalue weighted by atomic mass is 10.1. The van der Waals surface area contributed by atoms with Gasteiger partial charge in [-0.05, 0) is 28.5 Å². The Kier molecular flexibility index (Phi) is 4.24. The van der Waals surface area contributed by atoms with Crippen LogP contribution >= 0.6 is 11.3 Å². The first kappa shape index (κ1) is 14.8. The molecule has 0 aromatic carbocycles. The van der Waals surface area contributed by atoms with E-state index in [0.29, 0.717) is 25.9 Å². The number of carbonyl (C=O) groups is 2. The molecule has 22 heavy (non-hydrogen) atoms. The minimum atomic E-state index is -0.106. The lowest BCUT2D eigenvalue weighted by molar-refractivity contribution is -0.133. The molecule has 1 aliphatic rings. The molecular weight excluding hydrogens is 300 g/mol. The van der Waals surface area contributed by atoms with Crippen LogP contribution in [-0.2, 0) is 22.6 Å². The maximum Gasteiger partial charge on any atom is 0.227 e. The van der Waals surface area contributed by atoms with Gasteiger partial charge < -0.3 is 10.2 Å². The summed E-state index contributed by atoms with van der Waals surface area (Å²) in [6.07, 6.45) is 2.46. The molecule has 2 aromatic rings. The molecular formula is C15H18N4O2S.